The van der Waals surface area contributed by atoms with E-state index in [4.69, 9.17) is 4.74 Å². The van der Waals surface area contributed by atoms with Gasteiger partial charge in [-0.25, -0.2) is 4.79 Å². The van der Waals surface area contributed by atoms with Gasteiger partial charge in [0.2, 0.25) is 6.29 Å². The lowest BCUT2D eigenvalue weighted by Gasteiger charge is -2.59. The lowest BCUT2D eigenvalue weighted by Crippen LogP contribution is -2.53. The Labute approximate surface area is 144 Å². The fourth-order valence-corrected chi connectivity index (χ4v) is 5.92. The fourth-order valence-electron chi connectivity index (χ4n) is 5.92. The first-order valence-corrected chi connectivity index (χ1v) is 9.08. The van der Waals surface area contributed by atoms with Crippen LogP contribution in [0.3, 0.4) is 0 Å². The lowest BCUT2D eigenvalue weighted by molar-refractivity contribution is -0.151. The molecule has 134 valence electrons. The minimum Gasteiger partial charge on any atom is -0.429 e. The lowest BCUT2D eigenvalue weighted by atomic mass is 9.46. The number of hydrogen-bond acceptors (Lipinski definition) is 4. The largest absolute Gasteiger partial charge is 0.429 e. The smallest absolute Gasteiger partial charge is 0.333 e. The third kappa shape index (κ3) is 2.95. The molecule has 0 aromatic heterocycles. The van der Waals surface area contributed by atoms with Crippen LogP contribution in [0.25, 0.3) is 0 Å². The summed E-state index contributed by atoms with van der Waals surface area (Å²) in [6.07, 6.45) is 5.36. The van der Waals surface area contributed by atoms with Gasteiger partial charge >= 0.3 is 5.97 Å². The second-order valence-electron chi connectivity index (χ2n) is 8.91. The van der Waals surface area contributed by atoms with Crippen LogP contribution in [-0.4, -0.2) is 28.6 Å². The zero-order chi connectivity index (χ0) is 17.7. The van der Waals surface area contributed by atoms with Gasteiger partial charge in [0.05, 0.1) is 6.10 Å². The number of fused-ring (bicyclic) bond motifs is 1. The first kappa shape index (κ1) is 17.7. The normalized spacial score (nSPS) is 41.6. The zero-order valence-electron chi connectivity index (χ0n) is 15.0. The van der Waals surface area contributed by atoms with Gasteiger partial charge in [0, 0.05) is 11.6 Å². The highest BCUT2D eigenvalue weighted by atomic mass is 16.6. The van der Waals surface area contributed by atoms with Crippen LogP contribution in [0.4, 0.5) is 0 Å². The molecule has 3 rings (SSSR count). The average molecular weight is 334 g/mol. The molecule has 0 saturated heterocycles. The first-order valence-electron chi connectivity index (χ1n) is 9.08. The number of aliphatic hydroxyl groups excluding tert-OH is 2. The van der Waals surface area contributed by atoms with Crippen molar-refractivity contribution >= 4 is 5.97 Å². The molecule has 2 aliphatic carbocycles. The van der Waals surface area contributed by atoms with E-state index in [1.807, 2.05) is 0 Å². The molecule has 0 amide bonds. The van der Waals surface area contributed by atoms with Crippen molar-refractivity contribution in [2.45, 2.75) is 71.7 Å². The van der Waals surface area contributed by atoms with E-state index in [0.717, 1.165) is 32.1 Å². The predicted molar refractivity (Wildman–Crippen MR) is 91.9 cm³/mol. The summed E-state index contributed by atoms with van der Waals surface area (Å²) in [5, 5.41) is 20.3. The van der Waals surface area contributed by atoms with Crippen LogP contribution in [0.2, 0.25) is 0 Å². The van der Waals surface area contributed by atoms with Crippen LogP contribution >= 0.6 is 0 Å². The number of carbonyl (C=O) groups is 1. The molecule has 1 aliphatic heterocycles. The van der Waals surface area contributed by atoms with Gasteiger partial charge in [0.25, 0.3) is 0 Å². The van der Waals surface area contributed by atoms with Gasteiger partial charge in [-0.1, -0.05) is 32.9 Å². The SMILES string of the molecule is C=C1CCC2C(C)(C)CC(O)CC2(C)C1CCC1=CC(=O)OC1O. The number of carbonyl (C=O) groups excluding carboxylic acids is 1. The topological polar surface area (TPSA) is 66.8 Å². The van der Waals surface area contributed by atoms with Crippen molar-refractivity contribution < 1.29 is 19.7 Å². The second-order valence-corrected chi connectivity index (χ2v) is 8.91. The summed E-state index contributed by atoms with van der Waals surface area (Å²) >= 11 is 0. The Morgan fingerprint density at radius 3 is 2.62 bits per heavy atom. The monoisotopic (exact) mass is 334 g/mol. The Balaban J connectivity index is 1.81. The summed E-state index contributed by atoms with van der Waals surface area (Å²) in [5.74, 6) is 0.400. The first-order chi connectivity index (χ1) is 11.1. The quantitative estimate of drug-likeness (QED) is 0.614. The summed E-state index contributed by atoms with van der Waals surface area (Å²) in [5.41, 5.74) is 2.05. The number of ether oxygens (including phenoxy) is 1. The molecule has 2 fully saturated rings. The van der Waals surface area contributed by atoms with Gasteiger partial charge in [0.1, 0.15) is 0 Å². The van der Waals surface area contributed by atoms with Gasteiger partial charge in [-0.15, -0.1) is 0 Å². The Hall–Kier alpha value is -1.13. The summed E-state index contributed by atoms with van der Waals surface area (Å²) in [6, 6.07) is 0. The Kier molecular flexibility index (Phi) is 4.42. The van der Waals surface area contributed by atoms with Crippen molar-refractivity contribution in [1.29, 1.82) is 0 Å². The number of allylic oxidation sites excluding steroid dienone is 1. The molecule has 0 bridgehead atoms. The van der Waals surface area contributed by atoms with Gasteiger partial charge in [-0.2, -0.15) is 0 Å². The highest BCUT2D eigenvalue weighted by Crippen LogP contribution is 2.61. The molecule has 0 aromatic carbocycles. The predicted octanol–water partition coefficient (Wildman–Crippen LogP) is 3.34. The fraction of sp³-hybridized carbons (Fsp3) is 0.750. The van der Waals surface area contributed by atoms with Crippen LogP contribution < -0.4 is 0 Å². The minimum atomic E-state index is -1.09. The van der Waals surface area contributed by atoms with E-state index < -0.39 is 12.3 Å². The van der Waals surface area contributed by atoms with E-state index in [0.29, 0.717) is 23.8 Å². The van der Waals surface area contributed by atoms with Gasteiger partial charge in [0.15, 0.2) is 0 Å². The maximum absolute atomic E-state index is 11.3. The zero-order valence-corrected chi connectivity index (χ0v) is 15.0. The number of rotatable bonds is 3. The minimum absolute atomic E-state index is 0.0193. The number of hydrogen-bond donors (Lipinski definition) is 2. The van der Waals surface area contributed by atoms with Crippen LogP contribution in [-0.2, 0) is 9.53 Å². The maximum Gasteiger partial charge on any atom is 0.333 e. The van der Waals surface area contributed by atoms with Crippen molar-refractivity contribution in [2.75, 3.05) is 0 Å². The van der Waals surface area contributed by atoms with Crippen LogP contribution in [0.15, 0.2) is 23.8 Å². The summed E-state index contributed by atoms with van der Waals surface area (Å²) in [6.45, 7) is 11.2. The van der Waals surface area contributed by atoms with E-state index in [9.17, 15) is 15.0 Å². The number of cyclic esters (lactones) is 1. The van der Waals surface area contributed by atoms with Gasteiger partial charge < -0.3 is 14.9 Å². The van der Waals surface area contributed by atoms with Crippen LogP contribution in [0.5, 0.6) is 0 Å². The molecular formula is C20H30O4. The number of aliphatic hydroxyl groups is 2. The van der Waals surface area contributed by atoms with E-state index in [-0.39, 0.29) is 16.9 Å². The summed E-state index contributed by atoms with van der Waals surface area (Å²) in [4.78, 5) is 11.3. The van der Waals surface area contributed by atoms with E-state index in [1.165, 1.54) is 11.6 Å². The molecule has 5 atom stereocenters. The molecule has 0 radical (unpaired) electrons. The maximum atomic E-state index is 11.3. The van der Waals surface area contributed by atoms with Crippen LogP contribution in [0.1, 0.15) is 59.3 Å². The summed E-state index contributed by atoms with van der Waals surface area (Å²) < 4.78 is 4.78. The molecule has 3 aliphatic rings. The Morgan fingerprint density at radius 1 is 1.29 bits per heavy atom. The molecule has 5 unspecified atom stereocenters. The third-order valence-corrected chi connectivity index (χ3v) is 6.79. The molecule has 0 spiro atoms. The van der Waals surface area contributed by atoms with Crippen molar-refractivity contribution in [3.8, 4) is 0 Å². The standard InChI is InChI=1S/C20H30O4/c1-12-5-8-16-19(2,3)10-14(21)11-20(16,4)15(12)7-6-13-9-17(22)24-18(13)23/h9,14-16,18,21,23H,1,5-8,10-11H2,2-4H3. The molecular weight excluding hydrogens is 304 g/mol. The van der Waals surface area contributed by atoms with Crippen molar-refractivity contribution in [3.05, 3.63) is 23.8 Å². The summed E-state index contributed by atoms with van der Waals surface area (Å²) in [7, 11) is 0. The molecule has 2 saturated carbocycles. The Bertz CT molecular complexity index is 576. The van der Waals surface area contributed by atoms with Crippen molar-refractivity contribution in [3.63, 3.8) is 0 Å². The number of esters is 1. The van der Waals surface area contributed by atoms with E-state index in [1.54, 1.807) is 0 Å². The highest BCUT2D eigenvalue weighted by molar-refractivity contribution is 5.85. The molecule has 4 nitrogen and oxygen atoms in total. The molecule has 2 N–H and O–H groups in total. The molecule has 1 heterocycles. The molecule has 0 aromatic rings. The van der Waals surface area contributed by atoms with E-state index in [2.05, 4.69) is 27.4 Å². The van der Waals surface area contributed by atoms with Crippen molar-refractivity contribution in [1.82, 2.24) is 0 Å². The molecule has 4 heteroatoms. The van der Waals surface area contributed by atoms with E-state index >= 15 is 0 Å². The molecule has 24 heavy (non-hydrogen) atoms. The average Bonchev–Trinajstić information content (AvgIpc) is 2.74. The van der Waals surface area contributed by atoms with Crippen molar-refractivity contribution in [2.24, 2.45) is 22.7 Å². The van der Waals surface area contributed by atoms with Crippen LogP contribution in [0, 0.1) is 22.7 Å². The third-order valence-electron chi connectivity index (χ3n) is 6.79. The van der Waals surface area contributed by atoms with Gasteiger partial charge in [-0.05, 0) is 61.2 Å². The highest BCUT2D eigenvalue weighted by Gasteiger charge is 2.54. The Morgan fingerprint density at radius 2 is 2.00 bits per heavy atom. The second kappa shape index (κ2) is 5.99. The van der Waals surface area contributed by atoms with Gasteiger partial charge in [-0.3, -0.25) is 0 Å².